The molecule has 1 heteroatoms. The molecule has 1 rings (SSSR count). The topological polar surface area (TPSA) is 26.0 Å². The summed E-state index contributed by atoms with van der Waals surface area (Å²) < 4.78 is 0. The third-order valence-corrected chi connectivity index (χ3v) is 3.75. The minimum Gasteiger partial charge on any atom is -0.330 e. The van der Waals surface area contributed by atoms with Gasteiger partial charge in [-0.25, -0.2) is 0 Å². The van der Waals surface area contributed by atoms with Gasteiger partial charge in [-0.1, -0.05) is 33.6 Å². The van der Waals surface area contributed by atoms with Crippen molar-refractivity contribution in [3.05, 3.63) is 0 Å². The van der Waals surface area contributed by atoms with Crippen LogP contribution in [-0.2, 0) is 0 Å². The minimum absolute atomic E-state index is 0.647. The van der Waals surface area contributed by atoms with Crippen molar-refractivity contribution >= 4 is 0 Å². The van der Waals surface area contributed by atoms with E-state index in [1.807, 2.05) is 0 Å². The second kappa shape index (κ2) is 3.14. The fourth-order valence-electron chi connectivity index (χ4n) is 2.75. The predicted molar refractivity (Wildman–Crippen MR) is 49.3 cm³/mol. The molecule has 1 fully saturated rings. The molecule has 0 aromatic carbocycles. The van der Waals surface area contributed by atoms with Crippen LogP contribution >= 0.6 is 0 Å². The highest BCUT2D eigenvalue weighted by molar-refractivity contribution is 5.05. The van der Waals surface area contributed by atoms with Gasteiger partial charge >= 0.3 is 0 Å². The number of nitrogens with two attached hydrogens (primary N) is 1. The van der Waals surface area contributed by atoms with Crippen molar-refractivity contribution in [3.8, 4) is 0 Å². The summed E-state index contributed by atoms with van der Waals surface area (Å²) in [4.78, 5) is 0. The second-order valence-corrected chi connectivity index (χ2v) is 4.06. The van der Waals surface area contributed by atoms with Crippen molar-refractivity contribution in [3.63, 3.8) is 0 Å². The molecule has 1 saturated carbocycles. The summed E-state index contributed by atoms with van der Waals surface area (Å²) in [5.41, 5.74) is 6.21. The van der Waals surface area contributed by atoms with Gasteiger partial charge in [0.25, 0.3) is 0 Å². The Labute approximate surface area is 70.4 Å². The van der Waals surface area contributed by atoms with Crippen LogP contribution in [0.15, 0.2) is 0 Å². The van der Waals surface area contributed by atoms with Crippen molar-refractivity contribution < 1.29 is 0 Å². The van der Waals surface area contributed by atoms with Crippen molar-refractivity contribution in [1.29, 1.82) is 0 Å². The molecule has 0 aromatic heterocycles. The average Bonchev–Trinajstić information content (AvgIpc) is 2.58. The van der Waals surface area contributed by atoms with Crippen LogP contribution in [0.3, 0.4) is 0 Å². The summed E-state index contributed by atoms with van der Waals surface area (Å²) in [5, 5.41) is 0. The monoisotopic (exact) mass is 155 g/mol. The summed E-state index contributed by atoms with van der Waals surface area (Å²) in [6.45, 7) is 7.90. The molecule has 0 aromatic rings. The van der Waals surface area contributed by atoms with Gasteiger partial charge < -0.3 is 5.73 Å². The molecule has 0 amide bonds. The van der Waals surface area contributed by atoms with E-state index in [-0.39, 0.29) is 0 Å². The highest BCUT2D eigenvalue weighted by Crippen LogP contribution is 2.63. The van der Waals surface area contributed by atoms with E-state index in [0.717, 1.165) is 18.4 Å². The van der Waals surface area contributed by atoms with Gasteiger partial charge in [-0.15, -0.1) is 0 Å². The first kappa shape index (κ1) is 9.05. The van der Waals surface area contributed by atoms with E-state index in [2.05, 4.69) is 20.8 Å². The van der Waals surface area contributed by atoms with Crippen molar-refractivity contribution in [2.75, 3.05) is 6.54 Å². The van der Waals surface area contributed by atoms with Crippen molar-refractivity contribution in [1.82, 2.24) is 0 Å². The van der Waals surface area contributed by atoms with Gasteiger partial charge in [0.15, 0.2) is 0 Å². The summed E-state index contributed by atoms with van der Waals surface area (Å²) in [7, 11) is 0. The zero-order valence-electron chi connectivity index (χ0n) is 8.06. The quantitative estimate of drug-likeness (QED) is 0.663. The lowest BCUT2D eigenvalue weighted by atomic mass is 10.00. The third kappa shape index (κ3) is 1.31. The lowest BCUT2D eigenvalue weighted by molar-refractivity contribution is 0.450. The Morgan fingerprint density at radius 1 is 1.27 bits per heavy atom. The molecule has 1 aliphatic rings. The molecule has 0 spiro atoms. The van der Waals surface area contributed by atoms with Crippen LogP contribution in [0.5, 0.6) is 0 Å². The molecule has 11 heavy (non-hydrogen) atoms. The largest absolute Gasteiger partial charge is 0.330 e. The summed E-state index contributed by atoms with van der Waals surface area (Å²) in [6.07, 6.45) is 3.91. The number of hydrogen-bond donors (Lipinski definition) is 1. The van der Waals surface area contributed by atoms with Crippen LogP contribution in [-0.4, -0.2) is 6.54 Å². The zero-order valence-corrected chi connectivity index (χ0v) is 8.06. The molecule has 66 valence electrons. The SMILES string of the molecule is CCC1C(CCN)C1(C)CC. The van der Waals surface area contributed by atoms with Gasteiger partial charge in [0.2, 0.25) is 0 Å². The Hall–Kier alpha value is -0.0400. The Morgan fingerprint density at radius 3 is 2.18 bits per heavy atom. The van der Waals surface area contributed by atoms with Gasteiger partial charge in [0.1, 0.15) is 0 Å². The van der Waals surface area contributed by atoms with Crippen LogP contribution in [0, 0.1) is 17.3 Å². The number of hydrogen-bond acceptors (Lipinski definition) is 1. The molecule has 0 heterocycles. The van der Waals surface area contributed by atoms with Crippen LogP contribution in [0.1, 0.15) is 40.0 Å². The van der Waals surface area contributed by atoms with E-state index < -0.39 is 0 Å². The highest BCUT2D eigenvalue weighted by Gasteiger charge is 2.57. The lowest BCUT2D eigenvalue weighted by Crippen LogP contribution is -2.03. The van der Waals surface area contributed by atoms with E-state index in [1.165, 1.54) is 19.3 Å². The standard InChI is InChI=1S/C10H21N/c1-4-8-9(6-7-11)10(8,3)5-2/h8-9H,4-7,11H2,1-3H3. The first-order valence-electron chi connectivity index (χ1n) is 4.90. The van der Waals surface area contributed by atoms with Gasteiger partial charge in [-0.05, 0) is 30.2 Å². The van der Waals surface area contributed by atoms with Gasteiger partial charge in [0.05, 0.1) is 0 Å². The molecule has 3 unspecified atom stereocenters. The fourth-order valence-corrected chi connectivity index (χ4v) is 2.75. The summed E-state index contributed by atoms with van der Waals surface area (Å²) >= 11 is 0. The summed E-state index contributed by atoms with van der Waals surface area (Å²) in [5.74, 6) is 1.90. The zero-order chi connectivity index (χ0) is 8.48. The molecule has 0 bridgehead atoms. The maximum absolute atomic E-state index is 5.56. The molecule has 0 aliphatic heterocycles. The highest BCUT2D eigenvalue weighted by atomic mass is 14.6. The Kier molecular flexibility index (Phi) is 2.58. The van der Waals surface area contributed by atoms with Crippen LogP contribution < -0.4 is 5.73 Å². The van der Waals surface area contributed by atoms with Crippen molar-refractivity contribution in [2.45, 2.75) is 40.0 Å². The molecular formula is C10H21N. The molecule has 0 saturated heterocycles. The average molecular weight is 155 g/mol. The third-order valence-electron chi connectivity index (χ3n) is 3.75. The first-order chi connectivity index (χ1) is 5.20. The van der Waals surface area contributed by atoms with Crippen LogP contribution in [0.2, 0.25) is 0 Å². The Balaban J connectivity index is 2.44. The Morgan fingerprint density at radius 2 is 1.91 bits per heavy atom. The predicted octanol–water partition coefficient (Wildman–Crippen LogP) is 2.41. The van der Waals surface area contributed by atoms with E-state index in [1.54, 1.807) is 0 Å². The second-order valence-electron chi connectivity index (χ2n) is 4.06. The molecular weight excluding hydrogens is 134 g/mol. The van der Waals surface area contributed by atoms with E-state index in [9.17, 15) is 0 Å². The van der Waals surface area contributed by atoms with Crippen LogP contribution in [0.25, 0.3) is 0 Å². The molecule has 1 aliphatic carbocycles. The normalized spacial score (nSPS) is 42.5. The lowest BCUT2D eigenvalue weighted by Gasteiger charge is -2.06. The maximum Gasteiger partial charge on any atom is -0.00743 e. The van der Waals surface area contributed by atoms with Gasteiger partial charge in [0, 0.05) is 0 Å². The number of rotatable bonds is 4. The van der Waals surface area contributed by atoms with Gasteiger partial charge in [-0.2, -0.15) is 0 Å². The van der Waals surface area contributed by atoms with Crippen LogP contribution in [0.4, 0.5) is 0 Å². The first-order valence-corrected chi connectivity index (χ1v) is 4.90. The fraction of sp³-hybridized carbons (Fsp3) is 1.00. The van der Waals surface area contributed by atoms with E-state index >= 15 is 0 Å². The van der Waals surface area contributed by atoms with E-state index in [4.69, 9.17) is 5.73 Å². The van der Waals surface area contributed by atoms with Gasteiger partial charge in [-0.3, -0.25) is 0 Å². The molecule has 1 nitrogen and oxygen atoms in total. The minimum atomic E-state index is 0.647. The summed E-state index contributed by atoms with van der Waals surface area (Å²) in [6, 6.07) is 0. The molecule has 3 atom stereocenters. The Bertz CT molecular complexity index is 133. The molecule has 2 N–H and O–H groups in total. The van der Waals surface area contributed by atoms with Crippen molar-refractivity contribution in [2.24, 2.45) is 23.0 Å². The molecule has 0 radical (unpaired) electrons. The smallest absolute Gasteiger partial charge is 0.00743 e. The maximum atomic E-state index is 5.56. The van der Waals surface area contributed by atoms with E-state index in [0.29, 0.717) is 5.41 Å².